The lowest BCUT2D eigenvalue weighted by Crippen LogP contribution is -2.11. The molecule has 0 saturated heterocycles. The van der Waals surface area contributed by atoms with E-state index in [1.807, 2.05) is 12.1 Å². The lowest BCUT2D eigenvalue weighted by atomic mass is 9.87. The smallest absolute Gasteiger partial charge is 0.338 e. The van der Waals surface area contributed by atoms with Gasteiger partial charge in [0.25, 0.3) is 0 Å². The van der Waals surface area contributed by atoms with Crippen molar-refractivity contribution in [3.8, 4) is 5.75 Å². The Hall–Kier alpha value is -2.43. The van der Waals surface area contributed by atoms with Crippen LogP contribution in [0.15, 0.2) is 36.7 Å². The molecule has 5 nitrogen and oxygen atoms in total. The van der Waals surface area contributed by atoms with E-state index in [0.717, 1.165) is 5.75 Å². The van der Waals surface area contributed by atoms with Crippen LogP contribution in [0.5, 0.6) is 5.75 Å². The molecule has 0 saturated carbocycles. The molecule has 0 aliphatic heterocycles. The van der Waals surface area contributed by atoms with Crippen molar-refractivity contribution in [3.05, 3.63) is 53.6 Å². The minimum absolute atomic E-state index is 0.0856. The number of benzene rings is 1. The standard InChI is InChI=1S/C17H20N2O3/c1-17(2,3)13-4-6-14(7-5-13)22-9-8-15-18-10-12(11-19-15)16(20)21/h4-7,10-11H,8-9H2,1-3H3,(H,20,21). The summed E-state index contributed by atoms with van der Waals surface area (Å²) >= 11 is 0. The first-order valence-electron chi connectivity index (χ1n) is 7.14. The van der Waals surface area contributed by atoms with E-state index < -0.39 is 5.97 Å². The van der Waals surface area contributed by atoms with Gasteiger partial charge in [-0.05, 0) is 23.1 Å². The van der Waals surface area contributed by atoms with E-state index in [-0.39, 0.29) is 11.0 Å². The summed E-state index contributed by atoms with van der Waals surface area (Å²) in [6.45, 7) is 6.95. The van der Waals surface area contributed by atoms with Crippen LogP contribution in [0.1, 0.15) is 42.5 Å². The third-order valence-corrected chi connectivity index (χ3v) is 3.27. The fourth-order valence-electron chi connectivity index (χ4n) is 1.91. The molecule has 1 aromatic carbocycles. The number of carboxylic acids is 1. The van der Waals surface area contributed by atoms with Gasteiger partial charge in [-0.2, -0.15) is 0 Å². The monoisotopic (exact) mass is 300 g/mol. The Labute approximate surface area is 130 Å². The Morgan fingerprint density at radius 1 is 1.14 bits per heavy atom. The van der Waals surface area contributed by atoms with Crippen molar-refractivity contribution in [1.29, 1.82) is 0 Å². The zero-order valence-electron chi connectivity index (χ0n) is 13.0. The van der Waals surface area contributed by atoms with Crippen LogP contribution in [0, 0.1) is 0 Å². The van der Waals surface area contributed by atoms with E-state index in [4.69, 9.17) is 9.84 Å². The number of carbonyl (C=O) groups is 1. The van der Waals surface area contributed by atoms with Gasteiger partial charge < -0.3 is 9.84 Å². The van der Waals surface area contributed by atoms with Crippen molar-refractivity contribution in [2.45, 2.75) is 32.6 Å². The predicted octanol–water partition coefficient (Wildman–Crippen LogP) is 3.09. The van der Waals surface area contributed by atoms with Crippen LogP contribution < -0.4 is 4.74 Å². The largest absolute Gasteiger partial charge is 0.493 e. The van der Waals surface area contributed by atoms with Crippen molar-refractivity contribution < 1.29 is 14.6 Å². The molecule has 0 fully saturated rings. The van der Waals surface area contributed by atoms with Gasteiger partial charge in [-0.3, -0.25) is 0 Å². The van der Waals surface area contributed by atoms with Crippen LogP contribution in [0.3, 0.4) is 0 Å². The molecule has 1 N–H and O–H groups in total. The van der Waals surface area contributed by atoms with E-state index in [2.05, 4.69) is 42.9 Å². The number of aromatic nitrogens is 2. The Morgan fingerprint density at radius 2 is 1.73 bits per heavy atom. The molecule has 0 aliphatic rings. The average Bonchev–Trinajstić information content (AvgIpc) is 2.47. The number of carboxylic acid groups (broad SMARTS) is 1. The fraction of sp³-hybridized carbons (Fsp3) is 0.353. The summed E-state index contributed by atoms with van der Waals surface area (Å²) < 4.78 is 5.66. The van der Waals surface area contributed by atoms with Crippen LogP contribution in [-0.2, 0) is 11.8 Å². The molecule has 116 valence electrons. The van der Waals surface area contributed by atoms with Gasteiger partial charge in [-0.1, -0.05) is 32.9 Å². The molecule has 0 spiro atoms. The van der Waals surface area contributed by atoms with Gasteiger partial charge in [0.05, 0.1) is 12.2 Å². The second-order valence-electron chi connectivity index (χ2n) is 6.07. The highest BCUT2D eigenvalue weighted by Gasteiger charge is 2.13. The molecule has 0 radical (unpaired) electrons. The third-order valence-electron chi connectivity index (χ3n) is 3.27. The van der Waals surface area contributed by atoms with E-state index in [1.54, 1.807) is 0 Å². The molecule has 0 atom stereocenters. The quantitative estimate of drug-likeness (QED) is 0.918. The fourth-order valence-corrected chi connectivity index (χ4v) is 1.91. The highest BCUT2D eigenvalue weighted by Crippen LogP contribution is 2.24. The number of rotatable bonds is 5. The molecule has 0 amide bonds. The molecule has 1 aromatic heterocycles. The van der Waals surface area contributed by atoms with E-state index in [1.165, 1.54) is 18.0 Å². The third kappa shape index (κ3) is 4.28. The summed E-state index contributed by atoms with van der Waals surface area (Å²) in [6.07, 6.45) is 3.15. The summed E-state index contributed by atoms with van der Waals surface area (Å²) in [7, 11) is 0. The second kappa shape index (κ2) is 6.56. The van der Waals surface area contributed by atoms with Gasteiger partial charge in [0.15, 0.2) is 0 Å². The minimum Gasteiger partial charge on any atom is -0.493 e. The molecular formula is C17H20N2O3. The first-order chi connectivity index (χ1) is 10.4. The normalized spacial score (nSPS) is 11.2. The Bertz CT molecular complexity index is 628. The van der Waals surface area contributed by atoms with Crippen LogP contribution in [0.2, 0.25) is 0 Å². The molecule has 0 bridgehead atoms. The summed E-state index contributed by atoms with van der Waals surface area (Å²) in [6, 6.07) is 8.03. The number of hydrogen-bond acceptors (Lipinski definition) is 4. The first-order valence-corrected chi connectivity index (χ1v) is 7.14. The minimum atomic E-state index is -1.03. The Balaban J connectivity index is 1.87. The van der Waals surface area contributed by atoms with Crippen LogP contribution in [0.4, 0.5) is 0 Å². The molecule has 22 heavy (non-hydrogen) atoms. The maximum absolute atomic E-state index is 10.7. The van der Waals surface area contributed by atoms with Gasteiger partial charge >= 0.3 is 5.97 Å². The van der Waals surface area contributed by atoms with E-state index in [0.29, 0.717) is 18.9 Å². The molecule has 2 rings (SSSR count). The number of hydrogen-bond donors (Lipinski definition) is 1. The van der Waals surface area contributed by atoms with Gasteiger partial charge in [0.1, 0.15) is 11.6 Å². The topological polar surface area (TPSA) is 72.3 Å². The van der Waals surface area contributed by atoms with Crippen molar-refractivity contribution in [2.24, 2.45) is 0 Å². The van der Waals surface area contributed by atoms with Crippen molar-refractivity contribution >= 4 is 5.97 Å². The van der Waals surface area contributed by atoms with Crippen molar-refractivity contribution in [2.75, 3.05) is 6.61 Å². The SMILES string of the molecule is CC(C)(C)c1ccc(OCCc2ncc(C(=O)O)cn2)cc1. The summed E-state index contributed by atoms with van der Waals surface area (Å²) in [5.41, 5.74) is 1.47. The summed E-state index contributed by atoms with van der Waals surface area (Å²) in [5.74, 6) is 0.341. The molecular weight excluding hydrogens is 280 g/mol. The number of nitrogens with zero attached hydrogens (tertiary/aromatic N) is 2. The van der Waals surface area contributed by atoms with Gasteiger partial charge in [-0.15, -0.1) is 0 Å². The molecule has 5 heteroatoms. The number of aromatic carboxylic acids is 1. The second-order valence-corrected chi connectivity index (χ2v) is 6.07. The van der Waals surface area contributed by atoms with E-state index >= 15 is 0 Å². The maximum Gasteiger partial charge on any atom is 0.338 e. The zero-order valence-corrected chi connectivity index (χ0v) is 13.0. The Kier molecular flexibility index (Phi) is 4.75. The van der Waals surface area contributed by atoms with Crippen LogP contribution in [-0.4, -0.2) is 27.7 Å². The average molecular weight is 300 g/mol. The zero-order chi connectivity index (χ0) is 16.2. The van der Waals surface area contributed by atoms with Crippen LogP contribution in [0.25, 0.3) is 0 Å². The summed E-state index contributed by atoms with van der Waals surface area (Å²) in [5, 5.41) is 8.78. The van der Waals surface area contributed by atoms with Gasteiger partial charge in [0, 0.05) is 18.8 Å². The molecule has 0 unspecified atom stereocenters. The highest BCUT2D eigenvalue weighted by atomic mass is 16.5. The Morgan fingerprint density at radius 3 is 2.23 bits per heavy atom. The summed E-state index contributed by atoms with van der Waals surface area (Å²) in [4.78, 5) is 18.7. The predicted molar refractivity (Wildman–Crippen MR) is 83.3 cm³/mol. The highest BCUT2D eigenvalue weighted by molar-refractivity contribution is 5.86. The van der Waals surface area contributed by atoms with Crippen LogP contribution >= 0.6 is 0 Å². The van der Waals surface area contributed by atoms with E-state index in [9.17, 15) is 4.79 Å². The lowest BCUT2D eigenvalue weighted by molar-refractivity contribution is 0.0696. The van der Waals surface area contributed by atoms with Gasteiger partial charge in [0.2, 0.25) is 0 Å². The lowest BCUT2D eigenvalue weighted by Gasteiger charge is -2.19. The van der Waals surface area contributed by atoms with Crippen molar-refractivity contribution in [1.82, 2.24) is 9.97 Å². The maximum atomic E-state index is 10.7. The van der Waals surface area contributed by atoms with Gasteiger partial charge in [-0.25, -0.2) is 14.8 Å². The molecule has 0 aliphatic carbocycles. The first kappa shape index (κ1) is 15.9. The van der Waals surface area contributed by atoms with Crippen molar-refractivity contribution in [3.63, 3.8) is 0 Å². The molecule has 2 aromatic rings. The molecule has 1 heterocycles. The number of ether oxygens (including phenoxy) is 1.